The van der Waals surface area contributed by atoms with Crippen LogP contribution in [-0.4, -0.2) is 20.8 Å². The van der Waals surface area contributed by atoms with Crippen molar-refractivity contribution in [2.24, 2.45) is 7.05 Å². The molecule has 0 fully saturated rings. The molecule has 1 heterocycles. The van der Waals surface area contributed by atoms with Crippen molar-refractivity contribution in [3.05, 3.63) is 18.2 Å². The van der Waals surface area contributed by atoms with Crippen LogP contribution in [0.5, 0.6) is 0 Å². The van der Waals surface area contributed by atoms with Crippen LogP contribution in [0.15, 0.2) is 12.4 Å². The van der Waals surface area contributed by atoms with Crippen LogP contribution in [0.25, 0.3) is 0 Å². The van der Waals surface area contributed by atoms with Crippen LogP contribution < -0.4 is 5.32 Å². The monoisotopic (exact) mass is 155 g/mol. The second-order valence-electron chi connectivity index (χ2n) is 2.11. The summed E-state index contributed by atoms with van der Waals surface area (Å²) >= 11 is 0. The first-order valence-corrected chi connectivity index (χ1v) is 3.13. The Bertz CT molecular complexity index is 256. The molecule has 1 aromatic rings. The predicted octanol–water partition coefficient (Wildman–Crippen LogP) is 0.188. The molecule has 0 aliphatic heterocycles. The number of imidazole rings is 1. The van der Waals surface area contributed by atoms with Gasteiger partial charge in [0.25, 0.3) is 0 Å². The lowest BCUT2D eigenvalue weighted by molar-refractivity contribution is 0.193. The minimum absolute atomic E-state index is 0.249. The summed E-state index contributed by atoms with van der Waals surface area (Å²) in [6.07, 6.45) is 2.35. The molecule has 0 aromatic carbocycles. The molecule has 0 unspecified atom stereocenters. The van der Waals surface area contributed by atoms with Gasteiger partial charge in [-0.15, -0.1) is 0 Å². The third-order valence-electron chi connectivity index (χ3n) is 1.32. The molecule has 0 bridgehead atoms. The topological polar surface area (TPSA) is 67.2 Å². The number of aromatic nitrogens is 2. The fourth-order valence-corrected chi connectivity index (χ4v) is 0.721. The van der Waals surface area contributed by atoms with E-state index in [0.717, 1.165) is 0 Å². The van der Waals surface area contributed by atoms with Gasteiger partial charge in [0, 0.05) is 19.4 Å². The van der Waals surface area contributed by atoms with E-state index in [9.17, 15) is 4.79 Å². The van der Waals surface area contributed by atoms with Gasteiger partial charge in [-0.1, -0.05) is 0 Å². The lowest BCUT2D eigenvalue weighted by atomic mass is 10.6. The minimum Gasteiger partial charge on any atom is -0.465 e. The summed E-state index contributed by atoms with van der Waals surface area (Å²) in [5, 5.41) is 10.5. The summed E-state index contributed by atoms with van der Waals surface area (Å²) in [6, 6.07) is 0. The Balaban J connectivity index is 2.51. The molecule has 0 radical (unpaired) electrons. The van der Waals surface area contributed by atoms with Crippen LogP contribution in [0.3, 0.4) is 0 Å². The van der Waals surface area contributed by atoms with E-state index in [2.05, 4.69) is 10.3 Å². The largest absolute Gasteiger partial charge is 0.465 e. The third-order valence-corrected chi connectivity index (χ3v) is 1.32. The second kappa shape index (κ2) is 3.05. The summed E-state index contributed by atoms with van der Waals surface area (Å²) in [4.78, 5) is 14.0. The third kappa shape index (κ3) is 1.96. The van der Waals surface area contributed by atoms with Gasteiger partial charge in [0.1, 0.15) is 5.82 Å². The molecule has 60 valence electrons. The summed E-state index contributed by atoms with van der Waals surface area (Å²) in [5.41, 5.74) is 0. The number of carboxylic acid groups (broad SMARTS) is 1. The van der Waals surface area contributed by atoms with Crippen LogP contribution in [-0.2, 0) is 13.6 Å². The van der Waals surface area contributed by atoms with E-state index in [0.29, 0.717) is 5.82 Å². The molecule has 0 atom stereocenters. The fourth-order valence-electron chi connectivity index (χ4n) is 0.721. The average molecular weight is 155 g/mol. The van der Waals surface area contributed by atoms with Gasteiger partial charge in [0.05, 0.1) is 6.54 Å². The Morgan fingerprint density at radius 3 is 3.09 bits per heavy atom. The SMILES string of the molecule is Cn1ccnc1CNC(=O)O. The fraction of sp³-hybridized carbons (Fsp3) is 0.333. The zero-order chi connectivity index (χ0) is 8.27. The predicted molar refractivity (Wildman–Crippen MR) is 38.1 cm³/mol. The standard InChI is InChI=1S/C6H9N3O2/c1-9-3-2-7-5(9)4-8-6(10)11/h2-3,8H,4H2,1H3,(H,10,11). The van der Waals surface area contributed by atoms with Crippen molar-refractivity contribution in [2.75, 3.05) is 0 Å². The van der Waals surface area contributed by atoms with E-state index < -0.39 is 6.09 Å². The first-order chi connectivity index (χ1) is 5.20. The molecule has 0 saturated heterocycles. The number of aryl methyl sites for hydroxylation is 1. The van der Waals surface area contributed by atoms with Gasteiger partial charge < -0.3 is 15.0 Å². The van der Waals surface area contributed by atoms with Crippen molar-refractivity contribution in [1.82, 2.24) is 14.9 Å². The molecule has 2 N–H and O–H groups in total. The molecule has 5 nitrogen and oxygen atoms in total. The highest BCUT2D eigenvalue weighted by Crippen LogP contribution is 1.91. The van der Waals surface area contributed by atoms with Gasteiger partial charge in [0.15, 0.2) is 0 Å². The van der Waals surface area contributed by atoms with Crippen molar-refractivity contribution in [3.8, 4) is 0 Å². The Kier molecular flexibility index (Phi) is 2.10. The van der Waals surface area contributed by atoms with E-state index >= 15 is 0 Å². The van der Waals surface area contributed by atoms with Crippen LogP contribution in [0.4, 0.5) is 4.79 Å². The van der Waals surface area contributed by atoms with Gasteiger partial charge in [-0.2, -0.15) is 0 Å². The molecule has 1 rings (SSSR count). The molecule has 5 heteroatoms. The Morgan fingerprint density at radius 2 is 2.64 bits per heavy atom. The van der Waals surface area contributed by atoms with Crippen molar-refractivity contribution in [1.29, 1.82) is 0 Å². The number of carbonyl (C=O) groups is 1. The number of hydrogen-bond donors (Lipinski definition) is 2. The Morgan fingerprint density at radius 1 is 1.91 bits per heavy atom. The molecular formula is C6H9N3O2. The number of amides is 1. The van der Waals surface area contributed by atoms with E-state index in [-0.39, 0.29) is 6.54 Å². The number of rotatable bonds is 2. The van der Waals surface area contributed by atoms with Crippen molar-refractivity contribution < 1.29 is 9.90 Å². The molecule has 0 aliphatic rings. The maximum atomic E-state index is 10.1. The molecule has 1 aromatic heterocycles. The molecule has 0 spiro atoms. The maximum Gasteiger partial charge on any atom is 0.405 e. The molecular weight excluding hydrogens is 146 g/mol. The molecule has 0 saturated carbocycles. The summed E-state index contributed by atoms with van der Waals surface area (Å²) < 4.78 is 1.76. The van der Waals surface area contributed by atoms with Crippen LogP contribution in [0.2, 0.25) is 0 Å². The number of nitrogens with zero attached hydrogens (tertiary/aromatic N) is 2. The quantitative estimate of drug-likeness (QED) is 0.640. The summed E-state index contributed by atoms with van der Waals surface area (Å²) in [6.45, 7) is 0.249. The van der Waals surface area contributed by atoms with Gasteiger partial charge in [-0.3, -0.25) is 0 Å². The Hall–Kier alpha value is -1.52. The van der Waals surface area contributed by atoms with Crippen LogP contribution >= 0.6 is 0 Å². The highest BCUT2D eigenvalue weighted by molar-refractivity contribution is 5.64. The highest BCUT2D eigenvalue weighted by Gasteiger charge is 1.99. The van der Waals surface area contributed by atoms with Gasteiger partial charge in [0.2, 0.25) is 0 Å². The van der Waals surface area contributed by atoms with Crippen LogP contribution in [0.1, 0.15) is 5.82 Å². The van der Waals surface area contributed by atoms with Crippen molar-refractivity contribution >= 4 is 6.09 Å². The van der Waals surface area contributed by atoms with Crippen molar-refractivity contribution in [3.63, 3.8) is 0 Å². The van der Waals surface area contributed by atoms with E-state index in [1.807, 2.05) is 7.05 Å². The van der Waals surface area contributed by atoms with Gasteiger partial charge in [-0.05, 0) is 0 Å². The lowest BCUT2D eigenvalue weighted by Gasteiger charge is -1.99. The minimum atomic E-state index is -1.03. The molecule has 1 amide bonds. The lowest BCUT2D eigenvalue weighted by Crippen LogP contribution is -2.21. The van der Waals surface area contributed by atoms with E-state index in [4.69, 9.17) is 5.11 Å². The molecule has 11 heavy (non-hydrogen) atoms. The summed E-state index contributed by atoms with van der Waals surface area (Å²) in [7, 11) is 1.81. The van der Waals surface area contributed by atoms with Gasteiger partial charge >= 0.3 is 6.09 Å². The van der Waals surface area contributed by atoms with Gasteiger partial charge in [-0.25, -0.2) is 9.78 Å². The zero-order valence-electron chi connectivity index (χ0n) is 6.11. The second-order valence-corrected chi connectivity index (χ2v) is 2.11. The average Bonchev–Trinajstić information content (AvgIpc) is 2.31. The maximum absolute atomic E-state index is 10.1. The van der Waals surface area contributed by atoms with E-state index in [1.165, 1.54) is 0 Å². The highest BCUT2D eigenvalue weighted by atomic mass is 16.4. The number of nitrogens with one attached hydrogen (secondary N) is 1. The Labute approximate surface area is 63.7 Å². The summed E-state index contributed by atoms with van der Waals surface area (Å²) in [5.74, 6) is 0.701. The first kappa shape index (κ1) is 7.59. The van der Waals surface area contributed by atoms with Crippen molar-refractivity contribution in [2.45, 2.75) is 6.54 Å². The zero-order valence-corrected chi connectivity index (χ0v) is 6.11. The number of hydrogen-bond acceptors (Lipinski definition) is 2. The smallest absolute Gasteiger partial charge is 0.405 e. The molecule has 0 aliphatic carbocycles. The van der Waals surface area contributed by atoms with E-state index in [1.54, 1.807) is 17.0 Å². The first-order valence-electron chi connectivity index (χ1n) is 3.13. The van der Waals surface area contributed by atoms with Crippen LogP contribution in [0, 0.1) is 0 Å². The normalized spacial score (nSPS) is 9.55.